The van der Waals surface area contributed by atoms with Gasteiger partial charge in [0.2, 0.25) is 5.95 Å². The molecule has 0 bridgehead atoms. The van der Waals surface area contributed by atoms with Gasteiger partial charge in [-0.05, 0) is 92.7 Å². The zero-order valence-corrected chi connectivity index (χ0v) is 20.2. The summed E-state index contributed by atoms with van der Waals surface area (Å²) in [5, 5.41) is 16.8. The first-order valence-electron chi connectivity index (χ1n) is 12.0. The van der Waals surface area contributed by atoms with Crippen LogP contribution in [0.3, 0.4) is 0 Å². The van der Waals surface area contributed by atoms with Crippen molar-refractivity contribution in [1.82, 2.24) is 15.3 Å². The van der Waals surface area contributed by atoms with Gasteiger partial charge in [-0.3, -0.25) is 0 Å². The Morgan fingerprint density at radius 2 is 1.80 bits per heavy atom. The van der Waals surface area contributed by atoms with Crippen molar-refractivity contribution in [2.75, 3.05) is 25.0 Å². The molecule has 1 atom stereocenters. The van der Waals surface area contributed by atoms with E-state index in [2.05, 4.69) is 55.7 Å². The lowest BCUT2D eigenvalue weighted by atomic mass is 9.92. The van der Waals surface area contributed by atoms with Crippen LogP contribution in [0.5, 0.6) is 0 Å². The van der Waals surface area contributed by atoms with E-state index < -0.39 is 5.82 Å². The third-order valence-electron chi connectivity index (χ3n) is 6.74. The number of fused-ring (bicyclic) bond motifs is 1. The van der Waals surface area contributed by atoms with Gasteiger partial charge in [0.1, 0.15) is 11.9 Å². The largest absolute Gasteiger partial charge is 0.354 e. The van der Waals surface area contributed by atoms with Crippen molar-refractivity contribution in [1.29, 1.82) is 5.26 Å². The number of hydrogen-bond donors (Lipinski definition) is 2. The van der Waals surface area contributed by atoms with Crippen LogP contribution in [0.2, 0.25) is 0 Å². The molecule has 1 aliphatic rings. The van der Waals surface area contributed by atoms with Crippen molar-refractivity contribution in [3.05, 3.63) is 76.6 Å². The lowest BCUT2D eigenvalue weighted by Crippen LogP contribution is -2.18. The third-order valence-corrected chi connectivity index (χ3v) is 6.74. The standard InChI is InChI=1S/C29H28FN5/c1-17-10-18(2)27(19(3)11-17)21-6-7-26-24(12-21)28(22-4-5-23(14-31)25(30)13-22)35-29(34-26)33-16-20-8-9-32-15-20/h4-7,10-13,20,32H,8-9,15-16H2,1-3H3,(H,33,34,35). The summed E-state index contributed by atoms with van der Waals surface area (Å²) in [7, 11) is 0. The maximum Gasteiger partial charge on any atom is 0.223 e. The predicted molar refractivity (Wildman–Crippen MR) is 139 cm³/mol. The Kier molecular flexibility index (Phi) is 6.19. The van der Waals surface area contributed by atoms with E-state index in [1.165, 1.54) is 34.4 Å². The zero-order chi connectivity index (χ0) is 24.5. The fourth-order valence-electron chi connectivity index (χ4n) is 5.10. The Labute approximate surface area is 205 Å². The number of nitrogens with one attached hydrogen (secondary N) is 2. The van der Waals surface area contributed by atoms with Crippen LogP contribution in [0.25, 0.3) is 33.3 Å². The van der Waals surface area contributed by atoms with Crippen molar-refractivity contribution in [3.63, 3.8) is 0 Å². The van der Waals surface area contributed by atoms with Gasteiger partial charge in [0.15, 0.2) is 0 Å². The number of anilines is 1. The highest BCUT2D eigenvalue weighted by atomic mass is 19.1. The van der Waals surface area contributed by atoms with Gasteiger partial charge in [-0.2, -0.15) is 5.26 Å². The van der Waals surface area contributed by atoms with Gasteiger partial charge < -0.3 is 10.6 Å². The van der Waals surface area contributed by atoms with Crippen molar-refractivity contribution < 1.29 is 4.39 Å². The summed E-state index contributed by atoms with van der Waals surface area (Å²) in [4.78, 5) is 9.61. The highest BCUT2D eigenvalue weighted by molar-refractivity contribution is 5.96. The van der Waals surface area contributed by atoms with Crippen molar-refractivity contribution in [2.45, 2.75) is 27.2 Å². The summed E-state index contributed by atoms with van der Waals surface area (Å²) >= 11 is 0. The van der Waals surface area contributed by atoms with Crippen LogP contribution >= 0.6 is 0 Å². The highest BCUT2D eigenvalue weighted by Crippen LogP contribution is 2.34. The number of rotatable bonds is 5. The quantitative estimate of drug-likeness (QED) is 0.383. The van der Waals surface area contributed by atoms with Gasteiger partial charge in [0.05, 0.1) is 16.8 Å². The average Bonchev–Trinajstić information content (AvgIpc) is 3.35. The molecule has 0 saturated carbocycles. The molecule has 176 valence electrons. The van der Waals surface area contributed by atoms with Gasteiger partial charge in [-0.1, -0.05) is 29.8 Å². The minimum absolute atomic E-state index is 0.0192. The summed E-state index contributed by atoms with van der Waals surface area (Å²) < 4.78 is 14.6. The van der Waals surface area contributed by atoms with Gasteiger partial charge in [0, 0.05) is 17.5 Å². The molecule has 1 unspecified atom stereocenters. The Balaban J connectivity index is 1.65. The van der Waals surface area contributed by atoms with E-state index in [4.69, 9.17) is 9.97 Å². The van der Waals surface area contributed by atoms with Crippen LogP contribution in [0, 0.1) is 43.8 Å². The maximum absolute atomic E-state index is 14.6. The monoisotopic (exact) mass is 465 g/mol. The first-order valence-corrected chi connectivity index (χ1v) is 12.0. The number of nitriles is 1. The molecular formula is C29H28FN5. The Hall–Kier alpha value is -3.82. The van der Waals surface area contributed by atoms with E-state index in [-0.39, 0.29) is 5.56 Å². The van der Waals surface area contributed by atoms with Crippen molar-refractivity contribution in [2.24, 2.45) is 5.92 Å². The zero-order valence-electron chi connectivity index (χ0n) is 20.2. The lowest BCUT2D eigenvalue weighted by molar-refractivity contribution is 0.613. The second-order valence-electron chi connectivity index (χ2n) is 9.45. The molecule has 1 fully saturated rings. The van der Waals surface area contributed by atoms with Gasteiger partial charge in [0.25, 0.3) is 0 Å². The van der Waals surface area contributed by atoms with Crippen LogP contribution in [-0.4, -0.2) is 29.6 Å². The molecule has 1 aromatic heterocycles. The molecule has 0 radical (unpaired) electrons. The SMILES string of the molecule is Cc1cc(C)c(-c2ccc3nc(NCC4CCNC4)nc(-c4ccc(C#N)c(F)c4)c3c2)c(C)c1. The van der Waals surface area contributed by atoms with Gasteiger partial charge in [-0.15, -0.1) is 0 Å². The normalized spacial score (nSPS) is 15.3. The molecule has 0 aliphatic carbocycles. The molecule has 1 aliphatic heterocycles. The van der Waals surface area contributed by atoms with E-state index >= 15 is 0 Å². The topological polar surface area (TPSA) is 73.6 Å². The molecule has 6 heteroatoms. The number of benzene rings is 3. The van der Waals surface area contributed by atoms with Crippen LogP contribution in [0.1, 0.15) is 28.7 Å². The molecular weight excluding hydrogens is 437 g/mol. The predicted octanol–water partition coefficient (Wildman–Crippen LogP) is 5.92. The average molecular weight is 466 g/mol. The Morgan fingerprint density at radius 3 is 2.49 bits per heavy atom. The van der Waals surface area contributed by atoms with E-state index in [0.717, 1.165) is 42.5 Å². The molecule has 3 aromatic carbocycles. The molecule has 0 spiro atoms. The molecule has 5 nitrogen and oxygen atoms in total. The summed E-state index contributed by atoms with van der Waals surface area (Å²) in [6.45, 7) is 9.13. The Morgan fingerprint density at radius 1 is 1.03 bits per heavy atom. The first kappa shape index (κ1) is 22.9. The van der Waals surface area contributed by atoms with E-state index in [9.17, 15) is 9.65 Å². The molecule has 5 rings (SSSR count). The minimum atomic E-state index is -0.551. The first-order chi connectivity index (χ1) is 16.9. The number of hydrogen-bond acceptors (Lipinski definition) is 5. The van der Waals surface area contributed by atoms with Crippen molar-refractivity contribution in [3.8, 4) is 28.5 Å². The molecule has 4 aromatic rings. The maximum atomic E-state index is 14.6. The summed E-state index contributed by atoms with van der Waals surface area (Å²) in [6.07, 6.45) is 1.12. The van der Waals surface area contributed by atoms with Crippen LogP contribution in [0.4, 0.5) is 10.3 Å². The minimum Gasteiger partial charge on any atom is -0.354 e. The van der Waals surface area contributed by atoms with E-state index in [1.54, 1.807) is 6.07 Å². The number of nitrogens with zero attached hydrogens (tertiary/aromatic N) is 3. The number of aryl methyl sites for hydroxylation is 3. The fraction of sp³-hybridized carbons (Fsp3) is 0.276. The van der Waals surface area contributed by atoms with Crippen LogP contribution < -0.4 is 10.6 Å². The van der Waals surface area contributed by atoms with Crippen LogP contribution in [-0.2, 0) is 0 Å². The molecule has 35 heavy (non-hydrogen) atoms. The number of aromatic nitrogens is 2. The summed E-state index contributed by atoms with van der Waals surface area (Å²) in [5.74, 6) is 0.504. The smallest absolute Gasteiger partial charge is 0.223 e. The highest BCUT2D eigenvalue weighted by Gasteiger charge is 2.17. The Bertz CT molecular complexity index is 1440. The molecule has 0 amide bonds. The summed E-state index contributed by atoms with van der Waals surface area (Å²) in [6, 6.07) is 17.1. The summed E-state index contributed by atoms with van der Waals surface area (Å²) in [5.41, 5.74) is 7.98. The van der Waals surface area contributed by atoms with E-state index in [1.807, 2.05) is 12.1 Å². The molecule has 1 saturated heterocycles. The van der Waals surface area contributed by atoms with Gasteiger partial charge in [-0.25, -0.2) is 14.4 Å². The van der Waals surface area contributed by atoms with Gasteiger partial charge >= 0.3 is 0 Å². The fourth-order valence-corrected chi connectivity index (χ4v) is 5.10. The van der Waals surface area contributed by atoms with Crippen LogP contribution in [0.15, 0.2) is 48.5 Å². The molecule has 2 N–H and O–H groups in total. The van der Waals surface area contributed by atoms with E-state index in [0.29, 0.717) is 23.1 Å². The lowest BCUT2D eigenvalue weighted by Gasteiger charge is -2.15. The second kappa shape index (κ2) is 9.44. The molecule has 2 heterocycles. The number of halogens is 1. The van der Waals surface area contributed by atoms with Crippen molar-refractivity contribution >= 4 is 16.9 Å². The third kappa shape index (κ3) is 4.60. The second-order valence-corrected chi connectivity index (χ2v) is 9.45.